The van der Waals surface area contributed by atoms with Gasteiger partial charge in [-0.25, -0.2) is 0 Å². The van der Waals surface area contributed by atoms with Crippen LogP contribution in [0.1, 0.15) is 44.9 Å². The van der Waals surface area contributed by atoms with Crippen molar-refractivity contribution in [1.29, 1.82) is 0 Å². The number of hydrogen-bond acceptors (Lipinski definition) is 0. The van der Waals surface area contributed by atoms with Crippen LogP contribution >= 0.6 is 15.9 Å². The lowest BCUT2D eigenvalue weighted by Gasteiger charge is -2.24. The molecule has 1 aliphatic carbocycles. The molecule has 0 aliphatic heterocycles. The van der Waals surface area contributed by atoms with Gasteiger partial charge in [0.15, 0.2) is 0 Å². The minimum Gasteiger partial charge on any atom is -0.251 e. The molecular weight excluding hydrogens is 219 g/mol. The second kappa shape index (κ2) is 5.95. The van der Waals surface area contributed by atoms with Crippen molar-refractivity contribution < 1.29 is 4.39 Å². The van der Waals surface area contributed by atoms with E-state index < -0.39 is 0 Å². The first kappa shape index (κ1) is 10.5. The fourth-order valence-corrected chi connectivity index (χ4v) is 2.47. The van der Waals surface area contributed by atoms with E-state index in [9.17, 15) is 4.39 Å². The van der Waals surface area contributed by atoms with Crippen molar-refractivity contribution in [2.24, 2.45) is 5.92 Å². The Morgan fingerprint density at radius 2 is 1.75 bits per heavy atom. The SMILES string of the molecule is FCCCCC1CCC(Br)CC1. The average Bonchev–Trinajstić information content (AvgIpc) is 2.09. The van der Waals surface area contributed by atoms with Gasteiger partial charge in [0.05, 0.1) is 6.67 Å². The average molecular weight is 237 g/mol. The van der Waals surface area contributed by atoms with Crippen LogP contribution < -0.4 is 0 Å². The summed E-state index contributed by atoms with van der Waals surface area (Å²) in [6.45, 7) is -0.131. The van der Waals surface area contributed by atoms with Crippen LogP contribution in [0.5, 0.6) is 0 Å². The van der Waals surface area contributed by atoms with E-state index in [-0.39, 0.29) is 6.67 Å². The van der Waals surface area contributed by atoms with Crippen LogP contribution in [0.2, 0.25) is 0 Å². The zero-order valence-electron chi connectivity index (χ0n) is 7.57. The number of unbranched alkanes of at least 4 members (excludes halogenated alkanes) is 1. The molecule has 0 amide bonds. The highest BCUT2D eigenvalue weighted by Gasteiger charge is 2.18. The Bertz CT molecular complexity index is 108. The lowest BCUT2D eigenvalue weighted by atomic mass is 9.86. The molecule has 1 saturated carbocycles. The van der Waals surface area contributed by atoms with Crippen molar-refractivity contribution in [2.45, 2.75) is 49.8 Å². The van der Waals surface area contributed by atoms with Gasteiger partial charge in [0.2, 0.25) is 0 Å². The molecule has 0 aromatic carbocycles. The highest BCUT2D eigenvalue weighted by Crippen LogP contribution is 2.31. The molecule has 0 radical (unpaired) electrons. The highest BCUT2D eigenvalue weighted by molar-refractivity contribution is 9.09. The van der Waals surface area contributed by atoms with Gasteiger partial charge in [0, 0.05) is 4.83 Å². The zero-order chi connectivity index (χ0) is 8.81. The van der Waals surface area contributed by atoms with Gasteiger partial charge in [-0.2, -0.15) is 0 Å². The van der Waals surface area contributed by atoms with Crippen LogP contribution in [0, 0.1) is 5.92 Å². The van der Waals surface area contributed by atoms with Crippen molar-refractivity contribution in [2.75, 3.05) is 6.67 Å². The summed E-state index contributed by atoms with van der Waals surface area (Å²) >= 11 is 3.64. The van der Waals surface area contributed by atoms with Crippen molar-refractivity contribution in [1.82, 2.24) is 0 Å². The van der Waals surface area contributed by atoms with Crippen LogP contribution in [0.15, 0.2) is 0 Å². The maximum atomic E-state index is 11.8. The zero-order valence-corrected chi connectivity index (χ0v) is 9.15. The Kier molecular flexibility index (Phi) is 5.21. The summed E-state index contributed by atoms with van der Waals surface area (Å²) in [6.07, 6.45) is 8.46. The van der Waals surface area contributed by atoms with Gasteiger partial charge in [0.1, 0.15) is 0 Å². The van der Waals surface area contributed by atoms with Crippen molar-refractivity contribution in [3.05, 3.63) is 0 Å². The predicted molar refractivity (Wildman–Crippen MR) is 54.5 cm³/mol. The lowest BCUT2D eigenvalue weighted by Crippen LogP contribution is -2.13. The molecular formula is C10H18BrF. The smallest absolute Gasteiger partial charge is 0.0894 e. The summed E-state index contributed by atoms with van der Waals surface area (Å²) in [5.74, 6) is 0.894. The van der Waals surface area contributed by atoms with E-state index in [0.717, 1.165) is 23.6 Å². The van der Waals surface area contributed by atoms with E-state index in [0.29, 0.717) is 0 Å². The first-order valence-electron chi connectivity index (χ1n) is 5.03. The predicted octanol–water partition coefficient (Wildman–Crippen LogP) is 4.08. The van der Waals surface area contributed by atoms with Gasteiger partial charge in [-0.3, -0.25) is 4.39 Å². The largest absolute Gasteiger partial charge is 0.251 e. The number of alkyl halides is 2. The van der Waals surface area contributed by atoms with Crippen LogP contribution in [0.3, 0.4) is 0 Å². The molecule has 0 aromatic rings. The molecule has 0 N–H and O–H groups in total. The van der Waals surface area contributed by atoms with Gasteiger partial charge < -0.3 is 0 Å². The quantitative estimate of drug-likeness (QED) is 0.510. The Balaban J connectivity index is 2.01. The normalized spacial score (nSPS) is 30.5. The summed E-state index contributed by atoms with van der Waals surface area (Å²) in [4.78, 5) is 0.759. The van der Waals surface area contributed by atoms with E-state index >= 15 is 0 Å². The molecule has 2 heteroatoms. The van der Waals surface area contributed by atoms with Crippen molar-refractivity contribution in [3.63, 3.8) is 0 Å². The molecule has 1 aliphatic rings. The van der Waals surface area contributed by atoms with Crippen LogP contribution in [-0.4, -0.2) is 11.5 Å². The molecule has 0 heterocycles. The maximum Gasteiger partial charge on any atom is 0.0894 e. The Morgan fingerprint density at radius 3 is 2.33 bits per heavy atom. The fourth-order valence-electron chi connectivity index (χ4n) is 1.94. The van der Waals surface area contributed by atoms with Crippen LogP contribution in [0.4, 0.5) is 4.39 Å². The minimum absolute atomic E-state index is 0.131. The third-order valence-electron chi connectivity index (χ3n) is 2.77. The molecule has 0 spiro atoms. The molecule has 0 aromatic heterocycles. The second-order valence-corrected chi connectivity index (χ2v) is 5.10. The Labute approximate surface area is 83.1 Å². The fraction of sp³-hybridized carbons (Fsp3) is 1.00. The van der Waals surface area contributed by atoms with Crippen LogP contribution in [0.25, 0.3) is 0 Å². The summed E-state index contributed by atoms with van der Waals surface area (Å²) in [7, 11) is 0. The molecule has 0 unspecified atom stereocenters. The van der Waals surface area contributed by atoms with Gasteiger partial charge in [0.25, 0.3) is 0 Å². The molecule has 0 nitrogen and oxygen atoms in total. The van der Waals surface area contributed by atoms with Crippen molar-refractivity contribution in [3.8, 4) is 0 Å². The molecule has 0 saturated heterocycles. The minimum atomic E-state index is -0.131. The monoisotopic (exact) mass is 236 g/mol. The van der Waals surface area contributed by atoms with Crippen LogP contribution in [-0.2, 0) is 0 Å². The lowest BCUT2D eigenvalue weighted by molar-refractivity contribution is 0.329. The molecule has 12 heavy (non-hydrogen) atoms. The highest BCUT2D eigenvalue weighted by atomic mass is 79.9. The second-order valence-electron chi connectivity index (χ2n) is 3.80. The number of rotatable bonds is 4. The van der Waals surface area contributed by atoms with E-state index in [2.05, 4.69) is 15.9 Å². The first-order valence-corrected chi connectivity index (χ1v) is 5.94. The summed E-state index contributed by atoms with van der Waals surface area (Å²) in [6, 6.07) is 0. The van der Waals surface area contributed by atoms with E-state index in [1.54, 1.807) is 0 Å². The Morgan fingerprint density at radius 1 is 1.08 bits per heavy atom. The van der Waals surface area contributed by atoms with Gasteiger partial charge in [-0.1, -0.05) is 28.8 Å². The molecule has 72 valence electrons. The van der Waals surface area contributed by atoms with Gasteiger partial charge in [-0.15, -0.1) is 0 Å². The van der Waals surface area contributed by atoms with E-state index in [4.69, 9.17) is 0 Å². The Hall–Kier alpha value is 0.410. The summed E-state index contributed by atoms with van der Waals surface area (Å²) < 4.78 is 11.8. The van der Waals surface area contributed by atoms with E-state index in [1.807, 2.05) is 0 Å². The third-order valence-corrected chi connectivity index (χ3v) is 3.69. The topological polar surface area (TPSA) is 0 Å². The number of halogens is 2. The third kappa shape index (κ3) is 3.88. The molecule has 0 atom stereocenters. The van der Waals surface area contributed by atoms with E-state index in [1.165, 1.54) is 32.1 Å². The molecule has 0 bridgehead atoms. The van der Waals surface area contributed by atoms with Gasteiger partial charge in [-0.05, 0) is 38.0 Å². The number of hydrogen-bond donors (Lipinski definition) is 0. The standard InChI is InChI=1S/C10H18BrF/c11-10-6-4-9(5-7-10)3-1-2-8-12/h9-10H,1-8H2. The summed E-state index contributed by atoms with van der Waals surface area (Å²) in [5, 5.41) is 0. The molecule has 1 rings (SSSR count). The summed E-state index contributed by atoms with van der Waals surface area (Å²) in [5.41, 5.74) is 0. The van der Waals surface area contributed by atoms with Crippen molar-refractivity contribution >= 4 is 15.9 Å². The molecule has 1 fully saturated rings. The maximum absolute atomic E-state index is 11.8. The van der Waals surface area contributed by atoms with Gasteiger partial charge >= 0.3 is 0 Å². The first-order chi connectivity index (χ1) is 5.83.